The first-order chi connectivity index (χ1) is 7.75. The molecule has 1 rings (SSSR count). The topological polar surface area (TPSA) is 23.8 Å². The van der Waals surface area contributed by atoms with Gasteiger partial charge in [0.05, 0.1) is 6.07 Å². The number of nitriles is 1. The summed E-state index contributed by atoms with van der Waals surface area (Å²) < 4.78 is 0. The molecule has 16 heavy (non-hydrogen) atoms. The third kappa shape index (κ3) is 6.24. The predicted molar refractivity (Wildman–Crippen MR) is 72.5 cm³/mol. The summed E-state index contributed by atoms with van der Waals surface area (Å²) in [7, 11) is 0. The van der Waals surface area contributed by atoms with Crippen molar-refractivity contribution in [1.82, 2.24) is 0 Å². The van der Waals surface area contributed by atoms with E-state index in [0.717, 1.165) is 6.42 Å². The van der Waals surface area contributed by atoms with Crippen LogP contribution in [-0.4, -0.2) is 0 Å². The van der Waals surface area contributed by atoms with E-state index in [1.165, 1.54) is 16.7 Å². The summed E-state index contributed by atoms with van der Waals surface area (Å²) in [5.74, 6) is 0. The van der Waals surface area contributed by atoms with Crippen molar-refractivity contribution in [3.63, 3.8) is 0 Å². The Kier molecular flexibility index (Phi) is 12.6. The van der Waals surface area contributed by atoms with Crippen LogP contribution in [0.4, 0.5) is 0 Å². The van der Waals surface area contributed by atoms with Gasteiger partial charge in [0.15, 0.2) is 0 Å². The lowest BCUT2D eigenvalue weighted by Crippen LogP contribution is -1.92. The molecule has 0 spiro atoms. The van der Waals surface area contributed by atoms with E-state index in [9.17, 15) is 0 Å². The molecule has 1 aromatic rings. The average Bonchev–Trinajstić information content (AvgIpc) is 2.34. The van der Waals surface area contributed by atoms with Gasteiger partial charge in [-0.1, -0.05) is 45.9 Å². The second kappa shape index (κ2) is 11.8. The van der Waals surface area contributed by atoms with Crippen molar-refractivity contribution in [3.05, 3.63) is 34.9 Å². The maximum absolute atomic E-state index is 8.46. The van der Waals surface area contributed by atoms with Gasteiger partial charge in [0, 0.05) is 6.42 Å². The highest BCUT2D eigenvalue weighted by molar-refractivity contribution is 5.33. The lowest BCUT2D eigenvalue weighted by atomic mass is 9.99. The Morgan fingerprint density at radius 2 is 1.44 bits per heavy atom. The fourth-order valence-corrected chi connectivity index (χ4v) is 1.42. The summed E-state index contributed by atoms with van der Waals surface area (Å²) >= 11 is 0. The Labute approximate surface area is 101 Å². The minimum atomic E-state index is 0.617. The predicted octanol–water partition coefficient (Wildman–Crippen LogP) is 4.81. The zero-order chi connectivity index (χ0) is 13.0. The molecule has 0 atom stereocenters. The smallest absolute Gasteiger partial charge is 0.0625 e. The number of rotatable bonds is 2. The highest BCUT2D eigenvalue weighted by Crippen LogP contribution is 2.14. The van der Waals surface area contributed by atoms with Crippen LogP contribution in [0.3, 0.4) is 0 Å². The quantitative estimate of drug-likeness (QED) is 0.700. The zero-order valence-corrected chi connectivity index (χ0v) is 11.6. The molecule has 0 amide bonds. The van der Waals surface area contributed by atoms with Gasteiger partial charge in [-0.05, 0) is 37.0 Å². The summed E-state index contributed by atoms with van der Waals surface area (Å²) in [5, 5.41) is 8.46. The molecule has 0 aliphatic rings. The van der Waals surface area contributed by atoms with Crippen LogP contribution in [0.1, 0.15) is 50.8 Å². The Morgan fingerprint density at radius 3 is 1.81 bits per heavy atom. The van der Waals surface area contributed by atoms with Crippen LogP contribution in [0.25, 0.3) is 0 Å². The van der Waals surface area contributed by atoms with Gasteiger partial charge in [-0.2, -0.15) is 5.26 Å². The molecule has 1 nitrogen and oxygen atoms in total. The van der Waals surface area contributed by atoms with Crippen molar-refractivity contribution in [3.8, 4) is 6.07 Å². The lowest BCUT2D eigenvalue weighted by molar-refractivity contribution is 0.981. The SMILES string of the molecule is CC.CC.Cc1cccc(C)c1CCC#N. The van der Waals surface area contributed by atoms with Gasteiger partial charge in [-0.25, -0.2) is 0 Å². The maximum atomic E-state index is 8.46. The molecule has 0 fully saturated rings. The van der Waals surface area contributed by atoms with E-state index < -0.39 is 0 Å². The number of nitrogens with zero attached hydrogens (tertiary/aromatic N) is 1. The third-order valence-corrected chi connectivity index (χ3v) is 2.13. The van der Waals surface area contributed by atoms with Gasteiger partial charge >= 0.3 is 0 Å². The highest BCUT2D eigenvalue weighted by Gasteiger charge is 2.00. The molecule has 0 saturated carbocycles. The lowest BCUT2D eigenvalue weighted by Gasteiger charge is -2.06. The van der Waals surface area contributed by atoms with Crippen LogP contribution in [-0.2, 0) is 6.42 Å². The minimum Gasteiger partial charge on any atom is -0.198 e. The van der Waals surface area contributed by atoms with Gasteiger partial charge in [-0.3, -0.25) is 0 Å². The van der Waals surface area contributed by atoms with Crippen LogP contribution >= 0.6 is 0 Å². The van der Waals surface area contributed by atoms with Crippen molar-refractivity contribution < 1.29 is 0 Å². The Morgan fingerprint density at radius 1 is 1.00 bits per heavy atom. The number of benzene rings is 1. The number of hydrogen-bond donors (Lipinski definition) is 0. The number of aryl methyl sites for hydroxylation is 2. The molecule has 0 bridgehead atoms. The third-order valence-electron chi connectivity index (χ3n) is 2.13. The van der Waals surface area contributed by atoms with Crippen molar-refractivity contribution in [2.45, 2.75) is 54.4 Å². The molecular formula is C15H25N. The van der Waals surface area contributed by atoms with Crippen molar-refractivity contribution in [2.24, 2.45) is 0 Å². The fourth-order valence-electron chi connectivity index (χ4n) is 1.42. The van der Waals surface area contributed by atoms with Gasteiger partial charge in [0.25, 0.3) is 0 Å². The summed E-state index contributed by atoms with van der Waals surface area (Å²) in [6.07, 6.45) is 1.50. The molecule has 0 aliphatic heterocycles. The van der Waals surface area contributed by atoms with Crippen molar-refractivity contribution >= 4 is 0 Å². The van der Waals surface area contributed by atoms with Crippen LogP contribution in [0.15, 0.2) is 18.2 Å². The standard InChI is InChI=1S/C11H13N.2C2H6/c1-9-5-3-6-10(2)11(9)7-4-8-12;2*1-2/h3,5-6H,4,7H2,1-2H3;2*1-2H3. The second-order valence-corrected chi connectivity index (χ2v) is 3.03. The molecule has 0 aromatic heterocycles. The normalized spacial score (nSPS) is 7.81. The van der Waals surface area contributed by atoms with Crippen LogP contribution in [0.5, 0.6) is 0 Å². The van der Waals surface area contributed by atoms with E-state index in [1.807, 2.05) is 27.7 Å². The van der Waals surface area contributed by atoms with E-state index in [-0.39, 0.29) is 0 Å². The van der Waals surface area contributed by atoms with Crippen molar-refractivity contribution in [2.75, 3.05) is 0 Å². The Hall–Kier alpha value is -1.29. The van der Waals surface area contributed by atoms with E-state index in [0.29, 0.717) is 6.42 Å². The first-order valence-corrected chi connectivity index (χ1v) is 6.17. The van der Waals surface area contributed by atoms with E-state index in [2.05, 4.69) is 38.1 Å². The average molecular weight is 219 g/mol. The largest absolute Gasteiger partial charge is 0.198 e. The first kappa shape index (κ1) is 17.1. The van der Waals surface area contributed by atoms with E-state index in [4.69, 9.17) is 5.26 Å². The maximum Gasteiger partial charge on any atom is 0.0625 e. The van der Waals surface area contributed by atoms with Crippen LogP contribution in [0.2, 0.25) is 0 Å². The zero-order valence-electron chi connectivity index (χ0n) is 11.6. The monoisotopic (exact) mass is 219 g/mol. The minimum absolute atomic E-state index is 0.617. The van der Waals surface area contributed by atoms with Gasteiger partial charge in [0.1, 0.15) is 0 Å². The van der Waals surface area contributed by atoms with Crippen LogP contribution < -0.4 is 0 Å². The summed E-state index contributed by atoms with van der Waals surface area (Å²) in [6.45, 7) is 12.2. The first-order valence-electron chi connectivity index (χ1n) is 6.17. The molecule has 0 heterocycles. The highest BCUT2D eigenvalue weighted by atomic mass is 14.2. The van der Waals surface area contributed by atoms with E-state index in [1.54, 1.807) is 0 Å². The molecule has 0 N–H and O–H groups in total. The molecule has 0 saturated heterocycles. The van der Waals surface area contributed by atoms with Gasteiger partial charge in [-0.15, -0.1) is 0 Å². The molecule has 0 unspecified atom stereocenters. The molecular weight excluding hydrogens is 194 g/mol. The Bertz CT molecular complexity index is 287. The fraction of sp³-hybridized carbons (Fsp3) is 0.533. The molecule has 1 aromatic carbocycles. The summed E-state index contributed by atoms with van der Waals surface area (Å²) in [5.41, 5.74) is 3.93. The molecule has 1 heteroatoms. The molecule has 90 valence electrons. The summed E-state index contributed by atoms with van der Waals surface area (Å²) in [6, 6.07) is 8.42. The van der Waals surface area contributed by atoms with Gasteiger partial charge < -0.3 is 0 Å². The molecule has 0 aliphatic carbocycles. The molecule has 0 radical (unpaired) electrons. The second-order valence-electron chi connectivity index (χ2n) is 3.03. The van der Waals surface area contributed by atoms with Gasteiger partial charge in [0.2, 0.25) is 0 Å². The van der Waals surface area contributed by atoms with E-state index >= 15 is 0 Å². The Balaban J connectivity index is 0. The van der Waals surface area contributed by atoms with Crippen molar-refractivity contribution in [1.29, 1.82) is 5.26 Å². The van der Waals surface area contributed by atoms with Crippen LogP contribution in [0, 0.1) is 25.2 Å². The number of hydrogen-bond acceptors (Lipinski definition) is 1. The summed E-state index contributed by atoms with van der Waals surface area (Å²) in [4.78, 5) is 0.